The van der Waals surface area contributed by atoms with Gasteiger partial charge in [0, 0.05) is 0 Å². The minimum absolute atomic E-state index is 0.482. The second kappa shape index (κ2) is 5.75. The van der Waals surface area contributed by atoms with Crippen molar-refractivity contribution in [3.8, 4) is 11.5 Å². The van der Waals surface area contributed by atoms with Crippen molar-refractivity contribution >= 4 is 22.9 Å². The number of para-hydroxylation sites is 1. The Bertz CT molecular complexity index is 570. The molecule has 4 nitrogen and oxygen atoms in total. The van der Waals surface area contributed by atoms with Crippen LogP contribution < -0.4 is 14.8 Å². The Morgan fingerprint density at radius 3 is 2.21 bits per heavy atom. The first kappa shape index (κ1) is 13.4. The smallest absolute Gasteiger partial charge is 0.161 e. The van der Waals surface area contributed by atoms with Gasteiger partial charge < -0.3 is 19.2 Å². The molecule has 2 aromatic rings. The summed E-state index contributed by atoms with van der Waals surface area (Å²) in [6, 6.07) is 9.21. The highest BCUT2D eigenvalue weighted by Gasteiger charge is 2.13. The van der Waals surface area contributed by atoms with Crippen LogP contribution in [-0.2, 0) is 0 Å². The Morgan fingerprint density at radius 2 is 1.74 bits per heavy atom. The molecule has 0 aliphatic carbocycles. The molecular weight excluding hydrogens is 262 g/mol. The first-order valence-corrected chi connectivity index (χ1v) is 6.15. The molecule has 1 heterocycles. The van der Waals surface area contributed by atoms with Gasteiger partial charge in [-0.3, -0.25) is 0 Å². The molecule has 19 heavy (non-hydrogen) atoms. The quantitative estimate of drug-likeness (QED) is 0.868. The van der Waals surface area contributed by atoms with Crippen LogP contribution in [0.3, 0.4) is 0 Å². The lowest BCUT2D eigenvalue weighted by molar-refractivity contribution is 0.398. The Morgan fingerprint density at radius 1 is 1.11 bits per heavy atom. The lowest BCUT2D eigenvalue weighted by Gasteiger charge is -2.14. The van der Waals surface area contributed by atoms with Gasteiger partial charge in [0.05, 0.1) is 14.2 Å². The van der Waals surface area contributed by atoms with Gasteiger partial charge >= 0.3 is 0 Å². The van der Waals surface area contributed by atoms with Gasteiger partial charge in [0.25, 0.3) is 0 Å². The van der Waals surface area contributed by atoms with E-state index in [1.165, 1.54) is 0 Å². The molecule has 5 heteroatoms. The third kappa shape index (κ3) is 2.88. The van der Waals surface area contributed by atoms with Crippen molar-refractivity contribution in [2.75, 3.05) is 19.5 Å². The summed E-state index contributed by atoms with van der Waals surface area (Å²) in [6.45, 7) is 1.87. The first-order valence-electron chi connectivity index (χ1n) is 5.74. The van der Waals surface area contributed by atoms with E-state index in [9.17, 15) is 0 Å². The summed E-state index contributed by atoms with van der Waals surface area (Å²) in [4.78, 5) is 0.482. The number of hydrogen-bond donors (Lipinski definition) is 1. The van der Waals surface area contributed by atoms with Crippen LogP contribution in [0.15, 0.2) is 34.7 Å². The van der Waals surface area contributed by atoms with Crippen molar-refractivity contribution in [1.29, 1.82) is 0 Å². The lowest BCUT2D eigenvalue weighted by Crippen LogP contribution is -2.11. The normalized spacial score (nSPS) is 10.1. The molecule has 0 aliphatic rings. The van der Waals surface area contributed by atoms with E-state index in [-0.39, 0.29) is 0 Å². The zero-order chi connectivity index (χ0) is 13.8. The van der Waals surface area contributed by atoms with E-state index in [2.05, 4.69) is 5.32 Å². The maximum atomic E-state index is 5.48. The molecule has 0 fully saturated rings. The molecule has 0 spiro atoms. The fourth-order valence-electron chi connectivity index (χ4n) is 1.71. The predicted octanol–water partition coefficient (Wildman–Crippen LogP) is 3.39. The topological polar surface area (TPSA) is 43.6 Å². The summed E-state index contributed by atoms with van der Waals surface area (Å²) < 4.78 is 16.1. The number of nitrogens with one attached hydrogen (secondary N) is 1. The highest BCUT2D eigenvalue weighted by Crippen LogP contribution is 2.34. The number of aryl methyl sites for hydroxylation is 1. The number of methoxy groups -OCH3 is 2. The van der Waals surface area contributed by atoms with Crippen molar-refractivity contribution in [2.45, 2.75) is 6.92 Å². The van der Waals surface area contributed by atoms with Crippen LogP contribution >= 0.6 is 12.2 Å². The van der Waals surface area contributed by atoms with E-state index in [4.69, 9.17) is 26.1 Å². The summed E-state index contributed by atoms with van der Waals surface area (Å²) in [5, 5.41) is 3.10. The summed E-state index contributed by atoms with van der Waals surface area (Å²) in [7, 11) is 3.19. The third-order valence-electron chi connectivity index (χ3n) is 2.63. The van der Waals surface area contributed by atoms with Crippen LogP contribution in [0.5, 0.6) is 11.5 Å². The van der Waals surface area contributed by atoms with Crippen molar-refractivity contribution in [1.82, 2.24) is 0 Å². The van der Waals surface area contributed by atoms with Crippen molar-refractivity contribution < 1.29 is 13.9 Å². The van der Waals surface area contributed by atoms with Crippen LogP contribution in [0, 0.1) is 6.92 Å². The van der Waals surface area contributed by atoms with Crippen LogP contribution in [0.2, 0.25) is 0 Å². The molecule has 1 aromatic heterocycles. The van der Waals surface area contributed by atoms with Crippen LogP contribution in [0.1, 0.15) is 11.5 Å². The van der Waals surface area contributed by atoms with E-state index >= 15 is 0 Å². The zero-order valence-electron chi connectivity index (χ0n) is 11.0. The lowest BCUT2D eigenvalue weighted by atomic mass is 10.2. The summed E-state index contributed by atoms with van der Waals surface area (Å²) >= 11 is 5.31. The van der Waals surface area contributed by atoms with Crippen molar-refractivity contribution in [3.05, 3.63) is 41.9 Å². The highest BCUT2D eigenvalue weighted by atomic mass is 32.1. The van der Waals surface area contributed by atoms with Gasteiger partial charge in [0.2, 0.25) is 0 Å². The minimum Gasteiger partial charge on any atom is -0.494 e. The summed E-state index contributed by atoms with van der Waals surface area (Å²) in [5.74, 6) is 2.74. The SMILES string of the molecule is COc1cccc(OC)c1NC(=S)c1ccc(C)o1. The van der Waals surface area contributed by atoms with Crippen LogP contribution in [-0.4, -0.2) is 19.2 Å². The predicted molar refractivity (Wildman–Crippen MR) is 78.3 cm³/mol. The second-order valence-electron chi connectivity index (χ2n) is 3.90. The van der Waals surface area contributed by atoms with Gasteiger partial charge in [0.1, 0.15) is 27.9 Å². The molecule has 0 atom stereocenters. The van der Waals surface area contributed by atoms with E-state index in [0.717, 1.165) is 5.76 Å². The monoisotopic (exact) mass is 277 g/mol. The largest absolute Gasteiger partial charge is 0.494 e. The second-order valence-corrected chi connectivity index (χ2v) is 4.31. The maximum Gasteiger partial charge on any atom is 0.161 e. The van der Waals surface area contributed by atoms with E-state index < -0.39 is 0 Å². The number of hydrogen-bond acceptors (Lipinski definition) is 4. The maximum absolute atomic E-state index is 5.48. The zero-order valence-corrected chi connectivity index (χ0v) is 11.8. The van der Waals surface area contributed by atoms with E-state index in [0.29, 0.717) is 27.9 Å². The van der Waals surface area contributed by atoms with Gasteiger partial charge in [-0.05, 0) is 31.2 Å². The Balaban J connectivity index is 2.30. The first-order chi connectivity index (χ1) is 9.15. The van der Waals surface area contributed by atoms with Gasteiger partial charge in [0.15, 0.2) is 5.76 Å². The summed E-state index contributed by atoms with van der Waals surface area (Å²) in [6.07, 6.45) is 0. The van der Waals surface area contributed by atoms with Gasteiger partial charge in [-0.2, -0.15) is 0 Å². The average Bonchev–Trinajstić information content (AvgIpc) is 2.85. The standard InChI is InChI=1S/C14H15NO3S/c1-9-7-8-12(18-9)14(19)15-13-10(16-2)5-4-6-11(13)17-3/h4-8H,1-3H3,(H,15,19). The molecule has 1 aromatic carbocycles. The molecule has 0 saturated heterocycles. The molecule has 0 saturated carbocycles. The number of benzene rings is 1. The molecule has 0 amide bonds. The Hall–Kier alpha value is -2.01. The van der Waals surface area contributed by atoms with E-state index in [1.807, 2.05) is 37.3 Å². The van der Waals surface area contributed by atoms with Gasteiger partial charge in [-0.15, -0.1) is 0 Å². The van der Waals surface area contributed by atoms with Crippen LogP contribution in [0.25, 0.3) is 0 Å². The number of anilines is 1. The molecule has 0 bridgehead atoms. The summed E-state index contributed by atoms with van der Waals surface area (Å²) in [5.41, 5.74) is 0.687. The number of rotatable bonds is 4. The molecule has 0 aliphatic heterocycles. The molecular formula is C14H15NO3S. The Kier molecular flexibility index (Phi) is 4.06. The number of ether oxygens (including phenoxy) is 2. The average molecular weight is 277 g/mol. The number of furan rings is 1. The minimum atomic E-state index is 0.482. The molecule has 0 unspecified atom stereocenters. The van der Waals surface area contributed by atoms with Gasteiger partial charge in [-0.1, -0.05) is 18.3 Å². The molecule has 1 N–H and O–H groups in total. The Labute approximate surface area is 117 Å². The molecule has 0 radical (unpaired) electrons. The van der Waals surface area contributed by atoms with E-state index in [1.54, 1.807) is 14.2 Å². The molecule has 100 valence electrons. The molecule has 2 rings (SSSR count). The van der Waals surface area contributed by atoms with Crippen molar-refractivity contribution in [3.63, 3.8) is 0 Å². The van der Waals surface area contributed by atoms with Crippen LogP contribution in [0.4, 0.5) is 5.69 Å². The van der Waals surface area contributed by atoms with Crippen molar-refractivity contribution in [2.24, 2.45) is 0 Å². The number of thiocarbonyl (C=S) groups is 1. The highest BCUT2D eigenvalue weighted by molar-refractivity contribution is 7.81. The van der Waals surface area contributed by atoms with Gasteiger partial charge in [-0.25, -0.2) is 0 Å². The fraction of sp³-hybridized carbons (Fsp3) is 0.214. The third-order valence-corrected chi connectivity index (χ3v) is 2.93. The fourth-order valence-corrected chi connectivity index (χ4v) is 1.92.